The number of fused-ring (bicyclic) bond motifs is 1. The van der Waals surface area contributed by atoms with Crippen LogP contribution in [0, 0.1) is 0 Å². The van der Waals surface area contributed by atoms with Gasteiger partial charge in [-0.05, 0) is 0 Å². The Labute approximate surface area is 197 Å². The normalized spacial score (nSPS) is 14.6. The number of hydrogen-bond acceptors (Lipinski definition) is 8. The van der Waals surface area contributed by atoms with Crippen molar-refractivity contribution in [2.24, 2.45) is 0 Å². The maximum absolute atomic E-state index is 12.7. The van der Waals surface area contributed by atoms with E-state index in [-0.39, 0.29) is 30.4 Å². The molecule has 0 saturated carbocycles. The third-order valence-corrected chi connectivity index (χ3v) is 5.77. The molecule has 4 heterocycles. The van der Waals surface area contributed by atoms with Crippen molar-refractivity contribution in [3.8, 4) is 0 Å². The fraction of sp³-hybridized carbons (Fsp3) is 0.524. The van der Waals surface area contributed by atoms with E-state index in [2.05, 4.69) is 25.1 Å². The summed E-state index contributed by atoms with van der Waals surface area (Å²) in [5, 5.41) is 6.21. The summed E-state index contributed by atoms with van der Waals surface area (Å²) >= 11 is 0. The molecule has 1 fully saturated rings. The van der Waals surface area contributed by atoms with Gasteiger partial charge in [0.25, 0.3) is 5.56 Å². The molecule has 0 unspecified atom stereocenters. The minimum atomic E-state index is -4.48. The average molecular weight is 494 g/mol. The van der Waals surface area contributed by atoms with Gasteiger partial charge in [0, 0.05) is 51.5 Å². The highest BCUT2D eigenvalue weighted by Gasteiger charge is 2.32. The zero-order chi connectivity index (χ0) is 25.0. The summed E-state index contributed by atoms with van der Waals surface area (Å²) in [5.41, 5.74) is -0.256. The number of nitrogens with one attached hydrogen (secondary N) is 1. The van der Waals surface area contributed by atoms with E-state index in [0.29, 0.717) is 56.8 Å². The molecule has 4 rings (SSSR count). The van der Waals surface area contributed by atoms with Crippen LogP contribution >= 0.6 is 0 Å². The number of H-pyrrole nitrogens is 1. The fourth-order valence-corrected chi connectivity index (χ4v) is 3.90. The quantitative estimate of drug-likeness (QED) is 0.465. The van der Waals surface area contributed by atoms with E-state index < -0.39 is 11.7 Å². The third kappa shape index (κ3) is 5.58. The van der Waals surface area contributed by atoms with E-state index in [9.17, 15) is 22.8 Å². The van der Waals surface area contributed by atoms with E-state index in [1.54, 1.807) is 16.0 Å². The highest BCUT2D eigenvalue weighted by molar-refractivity contribution is 5.76. The lowest BCUT2D eigenvalue weighted by atomic mass is 10.3. The summed E-state index contributed by atoms with van der Waals surface area (Å²) in [7, 11) is 0. The van der Waals surface area contributed by atoms with Gasteiger partial charge in [0.15, 0.2) is 5.52 Å². The first kappa shape index (κ1) is 24.6. The number of anilines is 1. The second-order valence-corrected chi connectivity index (χ2v) is 7.97. The van der Waals surface area contributed by atoms with Gasteiger partial charge in [-0.1, -0.05) is 6.92 Å². The molecule has 0 atom stereocenters. The summed E-state index contributed by atoms with van der Waals surface area (Å²) in [6.45, 7) is 4.72. The fourth-order valence-electron chi connectivity index (χ4n) is 3.90. The standard InChI is InChI=1S/C21H25F3N8O3/c1-2-16-28-18-15(13-27-29-19(18)34)32(16)8-10-35-9-3-17(33)30-4-6-31(7-5-30)20-25-11-14(12-26-20)21(22,23)24/h11-13H,2-10H2,1H3,(H,29,34). The summed E-state index contributed by atoms with van der Waals surface area (Å²) in [5.74, 6) is 0.910. The van der Waals surface area contributed by atoms with E-state index in [4.69, 9.17) is 4.74 Å². The molecule has 1 aliphatic heterocycles. The molecule has 1 N–H and O–H groups in total. The number of aromatic amines is 1. The maximum Gasteiger partial charge on any atom is 0.419 e. The van der Waals surface area contributed by atoms with E-state index >= 15 is 0 Å². The van der Waals surface area contributed by atoms with Crippen LogP contribution in [0.1, 0.15) is 24.7 Å². The van der Waals surface area contributed by atoms with Crippen LogP contribution in [-0.4, -0.2) is 79.9 Å². The molecule has 14 heteroatoms. The number of aromatic nitrogens is 6. The Hall–Kier alpha value is -3.55. The SMILES string of the molecule is CCc1nc2c(=O)[nH]ncc2n1CCOCCC(=O)N1CCN(c2ncc(C(F)(F)F)cn2)CC1. The molecule has 1 aliphatic rings. The van der Waals surface area contributed by atoms with Crippen LogP contribution < -0.4 is 10.5 Å². The van der Waals surface area contributed by atoms with Crippen molar-refractivity contribution in [2.75, 3.05) is 44.3 Å². The second-order valence-electron chi connectivity index (χ2n) is 7.97. The van der Waals surface area contributed by atoms with Crippen LogP contribution in [0.15, 0.2) is 23.4 Å². The van der Waals surface area contributed by atoms with Gasteiger partial charge in [-0.2, -0.15) is 18.3 Å². The largest absolute Gasteiger partial charge is 0.419 e. The van der Waals surface area contributed by atoms with Gasteiger partial charge in [0.2, 0.25) is 11.9 Å². The first-order chi connectivity index (χ1) is 16.8. The summed E-state index contributed by atoms with van der Waals surface area (Å²) in [6.07, 6.45) is -0.530. The molecule has 1 amide bonds. The van der Waals surface area contributed by atoms with Crippen LogP contribution in [0.2, 0.25) is 0 Å². The molecule has 0 spiro atoms. The van der Waals surface area contributed by atoms with E-state index in [0.717, 1.165) is 18.2 Å². The van der Waals surface area contributed by atoms with Crippen LogP contribution in [0.4, 0.5) is 19.1 Å². The van der Waals surface area contributed by atoms with Crippen molar-refractivity contribution < 1.29 is 22.7 Å². The Morgan fingerprint density at radius 2 is 1.83 bits per heavy atom. The Morgan fingerprint density at radius 1 is 1.11 bits per heavy atom. The van der Waals surface area contributed by atoms with Crippen molar-refractivity contribution in [1.29, 1.82) is 0 Å². The molecule has 0 aromatic carbocycles. The van der Waals surface area contributed by atoms with Crippen molar-refractivity contribution >= 4 is 22.9 Å². The number of imidazole rings is 1. The number of alkyl halides is 3. The molecule has 11 nitrogen and oxygen atoms in total. The smallest absolute Gasteiger partial charge is 0.379 e. The zero-order valence-electron chi connectivity index (χ0n) is 19.1. The molecule has 3 aromatic rings. The maximum atomic E-state index is 12.7. The second kappa shape index (κ2) is 10.4. The lowest BCUT2D eigenvalue weighted by molar-refractivity contribution is -0.138. The van der Waals surface area contributed by atoms with Crippen molar-refractivity contribution in [3.05, 3.63) is 40.3 Å². The summed E-state index contributed by atoms with van der Waals surface area (Å²) in [4.78, 5) is 39.8. The predicted octanol–water partition coefficient (Wildman–Crippen LogP) is 1.25. The topological polar surface area (TPSA) is 122 Å². The molecular weight excluding hydrogens is 469 g/mol. The lowest BCUT2D eigenvalue weighted by Gasteiger charge is -2.34. The van der Waals surface area contributed by atoms with E-state index in [1.807, 2.05) is 11.5 Å². The summed E-state index contributed by atoms with van der Waals surface area (Å²) in [6, 6.07) is 0. The minimum Gasteiger partial charge on any atom is -0.379 e. The molecular formula is C21H25F3N8O3. The Balaban J connectivity index is 1.20. The molecule has 3 aromatic heterocycles. The van der Waals surface area contributed by atoms with Crippen LogP contribution in [0.25, 0.3) is 11.0 Å². The predicted molar refractivity (Wildman–Crippen MR) is 119 cm³/mol. The number of aryl methyl sites for hydroxylation is 1. The highest BCUT2D eigenvalue weighted by atomic mass is 19.4. The molecule has 0 radical (unpaired) electrons. The van der Waals surface area contributed by atoms with Crippen molar-refractivity contribution in [1.82, 2.24) is 34.6 Å². The van der Waals surface area contributed by atoms with Gasteiger partial charge >= 0.3 is 6.18 Å². The number of nitrogens with zero attached hydrogens (tertiary/aromatic N) is 7. The number of ether oxygens (including phenoxy) is 1. The number of rotatable bonds is 8. The highest BCUT2D eigenvalue weighted by Crippen LogP contribution is 2.28. The monoisotopic (exact) mass is 494 g/mol. The Morgan fingerprint density at radius 3 is 2.49 bits per heavy atom. The van der Waals surface area contributed by atoms with E-state index in [1.165, 1.54) is 0 Å². The molecule has 0 bridgehead atoms. The number of carbonyl (C=O) groups is 1. The molecule has 0 aliphatic carbocycles. The van der Waals surface area contributed by atoms with Gasteiger partial charge in [0.1, 0.15) is 5.82 Å². The van der Waals surface area contributed by atoms with Crippen LogP contribution in [-0.2, 0) is 28.7 Å². The Kier molecular flexibility index (Phi) is 7.28. The first-order valence-corrected chi connectivity index (χ1v) is 11.2. The zero-order valence-corrected chi connectivity index (χ0v) is 19.1. The van der Waals surface area contributed by atoms with Gasteiger partial charge in [0.05, 0.1) is 36.9 Å². The molecule has 35 heavy (non-hydrogen) atoms. The van der Waals surface area contributed by atoms with Crippen molar-refractivity contribution in [3.63, 3.8) is 0 Å². The minimum absolute atomic E-state index is 0.0592. The molecule has 188 valence electrons. The number of carbonyl (C=O) groups excluding carboxylic acids is 1. The lowest BCUT2D eigenvalue weighted by Crippen LogP contribution is -2.49. The van der Waals surface area contributed by atoms with Crippen LogP contribution in [0.3, 0.4) is 0 Å². The number of amides is 1. The van der Waals surface area contributed by atoms with Crippen LogP contribution in [0.5, 0.6) is 0 Å². The number of piperazine rings is 1. The van der Waals surface area contributed by atoms with Gasteiger partial charge in [-0.15, -0.1) is 0 Å². The Bertz CT molecular complexity index is 1220. The molecule has 1 saturated heterocycles. The first-order valence-electron chi connectivity index (χ1n) is 11.2. The summed E-state index contributed by atoms with van der Waals surface area (Å²) < 4.78 is 45.5. The third-order valence-electron chi connectivity index (χ3n) is 5.77. The number of halogens is 3. The van der Waals surface area contributed by atoms with Gasteiger partial charge in [-0.25, -0.2) is 20.1 Å². The number of hydrogen-bond donors (Lipinski definition) is 1. The average Bonchev–Trinajstić information content (AvgIpc) is 3.22. The van der Waals surface area contributed by atoms with Gasteiger partial charge < -0.3 is 19.1 Å². The van der Waals surface area contributed by atoms with Gasteiger partial charge in [-0.3, -0.25) is 9.59 Å². The van der Waals surface area contributed by atoms with Crippen molar-refractivity contribution in [2.45, 2.75) is 32.5 Å².